The van der Waals surface area contributed by atoms with E-state index in [1.54, 1.807) is 0 Å². The number of hydrogen-bond donors (Lipinski definition) is 0. The molecule has 3 aromatic rings. The summed E-state index contributed by atoms with van der Waals surface area (Å²) < 4.78 is 6.36. The number of halogens is 1. The Hall–Kier alpha value is -2.13. The lowest BCUT2D eigenvalue weighted by molar-refractivity contribution is 0.0455. The molecule has 3 aromatic carbocycles. The van der Waals surface area contributed by atoms with E-state index in [0.717, 1.165) is 21.0 Å². The van der Waals surface area contributed by atoms with Gasteiger partial charge in [0.15, 0.2) is 6.10 Å². The van der Waals surface area contributed by atoms with Crippen LogP contribution in [-0.2, 0) is 4.74 Å². The molecule has 0 bridgehead atoms. The molecular weight excluding hydrogens is 328 g/mol. The molecule has 0 aromatic heterocycles. The molecule has 0 N–H and O–H groups in total. The van der Waals surface area contributed by atoms with E-state index in [4.69, 9.17) is 4.74 Å². The summed E-state index contributed by atoms with van der Waals surface area (Å²) in [5.74, 6) is -0.268. The molecule has 0 spiro atoms. The van der Waals surface area contributed by atoms with Gasteiger partial charge >= 0.3 is 5.97 Å². The Morgan fingerprint density at radius 1 is 0.905 bits per heavy atom. The Kier molecular flexibility index (Phi) is 2.82. The molecule has 0 saturated heterocycles. The lowest BCUT2D eigenvalue weighted by Gasteiger charge is -2.12. The summed E-state index contributed by atoms with van der Waals surface area (Å²) in [5.41, 5.74) is 2.55. The van der Waals surface area contributed by atoms with Crippen LogP contribution in [-0.4, -0.2) is 5.97 Å². The van der Waals surface area contributed by atoms with Crippen molar-refractivity contribution in [2.24, 2.45) is 0 Å². The van der Waals surface area contributed by atoms with Crippen LogP contribution < -0.4 is 0 Å². The third kappa shape index (κ3) is 1.96. The quantitative estimate of drug-likeness (QED) is 0.592. The van der Waals surface area contributed by atoms with Gasteiger partial charge in [0.05, 0.1) is 5.56 Å². The number of carbonyl (C=O) groups excluding carboxylic acids is 1. The van der Waals surface area contributed by atoms with Crippen molar-refractivity contribution in [1.29, 1.82) is 0 Å². The number of carbonyl (C=O) groups is 1. The first-order valence-corrected chi connectivity index (χ1v) is 7.51. The molecule has 102 valence electrons. The first-order valence-electron chi connectivity index (χ1n) is 6.72. The lowest BCUT2D eigenvalue weighted by Crippen LogP contribution is -2.00. The fourth-order valence-corrected chi connectivity index (χ4v) is 3.37. The first-order chi connectivity index (χ1) is 10.2. The topological polar surface area (TPSA) is 26.3 Å². The molecule has 3 heteroatoms. The molecule has 1 unspecified atom stereocenters. The average molecular weight is 339 g/mol. The summed E-state index contributed by atoms with van der Waals surface area (Å²) in [6.07, 6.45) is -0.324. The molecule has 21 heavy (non-hydrogen) atoms. The minimum absolute atomic E-state index is 0.268. The van der Waals surface area contributed by atoms with E-state index in [0.29, 0.717) is 5.56 Å². The minimum Gasteiger partial charge on any atom is -0.449 e. The second-order valence-electron chi connectivity index (χ2n) is 5.10. The molecule has 1 heterocycles. The third-order valence-electron chi connectivity index (χ3n) is 3.83. The van der Waals surface area contributed by atoms with Gasteiger partial charge in [0, 0.05) is 10.0 Å². The summed E-state index contributed by atoms with van der Waals surface area (Å²) in [4.78, 5) is 12.1. The SMILES string of the molecule is O=C1OC(c2ccc3ccccc3c2)c2cccc(Br)c21. The van der Waals surface area contributed by atoms with E-state index < -0.39 is 0 Å². The van der Waals surface area contributed by atoms with Gasteiger partial charge in [0.2, 0.25) is 0 Å². The van der Waals surface area contributed by atoms with Crippen LogP contribution in [0.25, 0.3) is 10.8 Å². The molecule has 1 aliphatic rings. The minimum atomic E-state index is -0.324. The van der Waals surface area contributed by atoms with Crippen molar-refractivity contribution < 1.29 is 9.53 Å². The molecule has 4 rings (SSSR count). The fourth-order valence-electron chi connectivity index (χ4n) is 2.82. The normalized spacial score (nSPS) is 16.8. The van der Waals surface area contributed by atoms with Gasteiger partial charge in [-0.3, -0.25) is 0 Å². The van der Waals surface area contributed by atoms with Gasteiger partial charge in [0.25, 0.3) is 0 Å². The van der Waals surface area contributed by atoms with Crippen molar-refractivity contribution in [3.63, 3.8) is 0 Å². The largest absolute Gasteiger partial charge is 0.449 e. The highest BCUT2D eigenvalue weighted by atomic mass is 79.9. The van der Waals surface area contributed by atoms with Crippen LogP contribution in [0.4, 0.5) is 0 Å². The van der Waals surface area contributed by atoms with Crippen LogP contribution >= 0.6 is 15.9 Å². The Bertz CT molecular complexity index is 870. The van der Waals surface area contributed by atoms with E-state index in [9.17, 15) is 4.79 Å². The second kappa shape index (κ2) is 4.71. The lowest BCUT2D eigenvalue weighted by atomic mass is 9.97. The van der Waals surface area contributed by atoms with Crippen molar-refractivity contribution in [2.75, 3.05) is 0 Å². The smallest absolute Gasteiger partial charge is 0.340 e. The number of fused-ring (bicyclic) bond motifs is 2. The number of benzene rings is 3. The van der Waals surface area contributed by atoms with Crippen LogP contribution in [0.3, 0.4) is 0 Å². The van der Waals surface area contributed by atoms with Crippen LogP contribution in [0.5, 0.6) is 0 Å². The Labute approximate surface area is 130 Å². The van der Waals surface area contributed by atoms with Gasteiger partial charge in [0.1, 0.15) is 0 Å². The molecule has 0 radical (unpaired) electrons. The standard InChI is InChI=1S/C18H11BrO2/c19-15-7-3-6-14-16(15)18(20)21-17(14)13-9-8-11-4-1-2-5-12(11)10-13/h1-10,17H. The summed E-state index contributed by atoms with van der Waals surface area (Å²) in [6.45, 7) is 0. The summed E-state index contributed by atoms with van der Waals surface area (Å²) in [5, 5.41) is 2.33. The molecule has 0 fully saturated rings. The van der Waals surface area contributed by atoms with Crippen LogP contribution in [0.2, 0.25) is 0 Å². The molecule has 1 atom stereocenters. The van der Waals surface area contributed by atoms with Gasteiger partial charge in [-0.15, -0.1) is 0 Å². The Balaban J connectivity index is 1.87. The Morgan fingerprint density at radius 3 is 2.57 bits per heavy atom. The predicted molar refractivity (Wildman–Crippen MR) is 85.3 cm³/mol. The van der Waals surface area contributed by atoms with Crippen molar-refractivity contribution in [3.8, 4) is 0 Å². The van der Waals surface area contributed by atoms with Gasteiger partial charge in [-0.25, -0.2) is 4.79 Å². The maximum absolute atomic E-state index is 12.1. The zero-order chi connectivity index (χ0) is 14.4. The third-order valence-corrected chi connectivity index (χ3v) is 4.49. The number of esters is 1. The zero-order valence-electron chi connectivity index (χ0n) is 11.0. The molecule has 1 aliphatic heterocycles. The van der Waals surface area contributed by atoms with Gasteiger partial charge in [-0.05, 0) is 44.4 Å². The van der Waals surface area contributed by atoms with Crippen molar-refractivity contribution in [3.05, 3.63) is 81.8 Å². The molecule has 0 amide bonds. The summed E-state index contributed by atoms with van der Waals surface area (Å²) in [7, 11) is 0. The molecule has 0 saturated carbocycles. The first kappa shape index (κ1) is 12.6. The molecule has 0 aliphatic carbocycles. The van der Waals surface area contributed by atoms with E-state index in [-0.39, 0.29) is 12.1 Å². The van der Waals surface area contributed by atoms with E-state index in [2.05, 4.69) is 40.2 Å². The van der Waals surface area contributed by atoms with Crippen molar-refractivity contribution in [1.82, 2.24) is 0 Å². The summed E-state index contributed by atoms with van der Waals surface area (Å²) in [6, 6.07) is 20.1. The highest BCUT2D eigenvalue weighted by molar-refractivity contribution is 9.10. The molecular formula is C18H11BrO2. The van der Waals surface area contributed by atoms with Gasteiger partial charge < -0.3 is 4.74 Å². The van der Waals surface area contributed by atoms with Crippen molar-refractivity contribution in [2.45, 2.75) is 6.10 Å². The highest BCUT2D eigenvalue weighted by Crippen LogP contribution is 2.39. The number of ether oxygens (including phenoxy) is 1. The maximum atomic E-state index is 12.1. The van der Waals surface area contributed by atoms with Gasteiger partial charge in [-0.1, -0.05) is 48.5 Å². The number of hydrogen-bond acceptors (Lipinski definition) is 2. The van der Waals surface area contributed by atoms with Crippen molar-refractivity contribution >= 4 is 32.7 Å². The predicted octanol–water partition coefficient (Wildman–Crippen LogP) is 4.86. The maximum Gasteiger partial charge on any atom is 0.340 e. The highest BCUT2D eigenvalue weighted by Gasteiger charge is 2.33. The molecule has 2 nitrogen and oxygen atoms in total. The zero-order valence-corrected chi connectivity index (χ0v) is 12.6. The van der Waals surface area contributed by atoms with Gasteiger partial charge in [-0.2, -0.15) is 0 Å². The van der Waals surface area contributed by atoms with E-state index >= 15 is 0 Å². The van der Waals surface area contributed by atoms with Crippen LogP contribution in [0.1, 0.15) is 27.6 Å². The summed E-state index contributed by atoms with van der Waals surface area (Å²) >= 11 is 3.43. The monoisotopic (exact) mass is 338 g/mol. The fraction of sp³-hybridized carbons (Fsp3) is 0.0556. The van der Waals surface area contributed by atoms with E-state index in [1.165, 1.54) is 5.39 Å². The number of rotatable bonds is 1. The Morgan fingerprint density at radius 2 is 1.71 bits per heavy atom. The number of cyclic esters (lactones) is 1. The second-order valence-corrected chi connectivity index (χ2v) is 5.95. The van der Waals surface area contributed by atoms with Crippen LogP contribution in [0, 0.1) is 0 Å². The average Bonchev–Trinajstić information content (AvgIpc) is 2.85. The van der Waals surface area contributed by atoms with Crippen LogP contribution in [0.15, 0.2) is 65.1 Å². The van der Waals surface area contributed by atoms with E-state index in [1.807, 2.05) is 36.4 Å².